The molecule has 0 saturated carbocycles. The van der Waals surface area contributed by atoms with Gasteiger partial charge in [0.2, 0.25) is 0 Å². The van der Waals surface area contributed by atoms with Crippen LogP contribution < -0.4 is 18.9 Å². The first kappa shape index (κ1) is 20.3. The van der Waals surface area contributed by atoms with Gasteiger partial charge in [-0.25, -0.2) is 4.90 Å². The highest BCUT2D eigenvalue weighted by Gasteiger charge is 2.60. The van der Waals surface area contributed by atoms with Gasteiger partial charge in [-0.2, -0.15) is 0 Å². The monoisotopic (exact) mass is 452 g/mol. The van der Waals surface area contributed by atoms with E-state index in [0.29, 0.717) is 49.4 Å². The molecular weight excluding hydrogens is 428 g/mol. The average molecular weight is 452 g/mol. The van der Waals surface area contributed by atoms with E-state index < -0.39 is 24.0 Å². The van der Waals surface area contributed by atoms with Gasteiger partial charge in [0, 0.05) is 5.56 Å². The highest BCUT2D eigenvalue weighted by atomic mass is 16.6. The number of carbonyl (C=O) groups excluding carboxylic acids is 1. The summed E-state index contributed by atoms with van der Waals surface area (Å²) in [6, 6.07) is 10.6. The van der Waals surface area contributed by atoms with Gasteiger partial charge < -0.3 is 28.4 Å². The largest absolute Gasteiger partial charge is 0.486 e. The van der Waals surface area contributed by atoms with Crippen molar-refractivity contribution in [2.24, 2.45) is 4.99 Å². The lowest BCUT2D eigenvalue weighted by atomic mass is 9.97. The first-order chi connectivity index (χ1) is 16.1. The smallest absolute Gasteiger partial charge is 0.326 e. The van der Waals surface area contributed by atoms with Crippen LogP contribution in [0.5, 0.6) is 23.0 Å². The number of rotatable bonds is 3. The minimum absolute atomic E-state index is 0.107. The van der Waals surface area contributed by atoms with Crippen LogP contribution in [-0.4, -0.2) is 62.8 Å². The number of nitrogens with zero attached hydrogens (tertiary/aromatic N) is 2. The van der Waals surface area contributed by atoms with Crippen molar-refractivity contribution in [2.75, 3.05) is 33.0 Å². The normalized spacial score (nSPS) is 30.3. The molecule has 0 amide bonds. The fourth-order valence-electron chi connectivity index (χ4n) is 4.99. The standard InChI is InChI=1S/C24H24N2O7/c1-24(15-4-6-17-19(12-15)31-10-8-29-17)26-20(25-2)13-32-23(27)21(26)22(33-24)14-3-5-16-18(11-14)30-9-7-28-16/h3-6,11-12,20-22H,2,7-10,13H2,1H3/t20-,21?,22-,24-/m1/s1. The topological polar surface area (TPSA) is 88.1 Å². The fourth-order valence-corrected chi connectivity index (χ4v) is 4.99. The van der Waals surface area contributed by atoms with Crippen molar-refractivity contribution in [1.82, 2.24) is 4.90 Å². The minimum Gasteiger partial charge on any atom is -0.486 e. The maximum Gasteiger partial charge on any atom is 0.326 e. The van der Waals surface area contributed by atoms with Crippen molar-refractivity contribution in [2.45, 2.75) is 31.0 Å². The van der Waals surface area contributed by atoms with Gasteiger partial charge in [-0.15, -0.1) is 0 Å². The van der Waals surface area contributed by atoms with E-state index in [9.17, 15) is 4.79 Å². The molecule has 0 aromatic heterocycles. The van der Waals surface area contributed by atoms with E-state index in [4.69, 9.17) is 28.4 Å². The van der Waals surface area contributed by atoms with Crippen LogP contribution in [0.3, 0.4) is 0 Å². The lowest BCUT2D eigenvalue weighted by Crippen LogP contribution is -2.57. The Labute approximate surface area is 190 Å². The maximum absolute atomic E-state index is 13.1. The van der Waals surface area contributed by atoms with Crippen molar-refractivity contribution in [1.29, 1.82) is 0 Å². The Kier molecular flexibility index (Phi) is 4.70. The van der Waals surface area contributed by atoms with Crippen LogP contribution in [0.1, 0.15) is 24.2 Å². The molecule has 6 rings (SSSR count). The Balaban J connectivity index is 1.45. The van der Waals surface area contributed by atoms with E-state index in [1.54, 1.807) is 0 Å². The lowest BCUT2D eigenvalue weighted by molar-refractivity contribution is -0.170. The van der Waals surface area contributed by atoms with Gasteiger partial charge in [0.1, 0.15) is 57.1 Å². The van der Waals surface area contributed by atoms with E-state index in [-0.39, 0.29) is 12.6 Å². The molecule has 0 N–H and O–H groups in total. The molecule has 0 spiro atoms. The molecule has 172 valence electrons. The van der Waals surface area contributed by atoms with Gasteiger partial charge in [-0.3, -0.25) is 9.79 Å². The van der Waals surface area contributed by atoms with E-state index in [1.807, 2.05) is 48.2 Å². The molecule has 1 unspecified atom stereocenters. The molecule has 0 bridgehead atoms. The van der Waals surface area contributed by atoms with Crippen LogP contribution in [0, 0.1) is 0 Å². The molecule has 33 heavy (non-hydrogen) atoms. The van der Waals surface area contributed by atoms with Gasteiger partial charge in [0.25, 0.3) is 0 Å². The second-order valence-corrected chi connectivity index (χ2v) is 8.43. The predicted molar refractivity (Wildman–Crippen MR) is 116 cm³/mol. The SMILES string of the molecule is C=N[C@H]1COC(=O)C2[C@@H](c3ccc4c(c3)OCCO4)O[C@](C)(c3ccc4c(c3)OCCO4)N21. The molecule has 4 aliphatic rings. The highest BCUT2D eigenvalue weighted by Crippen LogP contribution is 2.51. The van der Waals surface area contributed by atoms with E-state index in [1.165, 1.54) is 0 Å². The average Bonchev–Trinajstić information content (AvgIpc) is 3.19. The summed E-state index contributed by atoms with van der Waals surface area (Å²) in [4.78, 5) is 19.2. The summed E-state index contributed by atoms with van der Waals surface area (Å²) in [5, 5.41) is 0. The number of fused-ring (bicyclic) bond motifs is 3. The van der Waals surface area contributed by atoms with Crippen LogP contribution in [-0.2, 0) is 20.0 Å². The lowest BCUT2D eigenvalue weighted by Gasteiger charge is -2.42. The summed E-state index contributed by atoms with van der Waals surface area (Å²) in [5.74, 6) is 2.26. The second-order valence-electron chi connectivity index (χ2n) is 8.43. The van der Waals surface area contributed by atoms with Crippen LogP contribution in [0.2, 0.25) is 0 Å². The summed E-state index contributed by atoms with van der Waals surface area (Å²) in [5.41, 5.74) is 0.612. The predicted octanol–water partition coefficient (Wildman–Crippen LogP) is 2.43. The molecule has 4 atom stereocenters. The number of aliphatic imine (C=N–C) groups is 1. The van der Waals surface area contributed by atoms with E-state index >= 15 is 0 Å². The Bertz CT molecular complexity index is 1120. The Morgan fingerprint density at radius 2 is 1.55 bits per heavy atom. The second kappa shape index (κ2) is 7.64. The van der Waals surface area contributed by atoms with Gasteiger partial charge in [0.05, 0.1) is 0 Å². The molecule has 9 heteroatoms. The molecule has 2 aromatic rings. The van der Waals surface area contributed by atoms with Crippen LogP contribution >= 0.6 is 0 Å². The first-order valence-corrected chi connectivity index (χ1v) is 11.0. The van der Waals surface area contributed by atoms with Crippen molar-refractivity contribution in [3.63, 3.8) is 0 Å². The maximum atomic E-state index is 13.1. The van der Waals surface area contributed by atoms with Gasteiger partial charge in [-0.1, -0.05) is 12.1 Å². The van der Waals surface area contributed by atoms with E-state index in [0.717, 1.165) is 11.1 Å². The summed E-state index contributed by atoms with van der Waals surface area (Å²) >= 11 is 0. The zero-order valence-corrected chi connectivity index (χ0v) is 18.2. The number of morpholine rings is 1. The quantitative estimate of drug-likeness (QED) is 0.518. The van der Waals surface area contributed by atoms with Crippen molar-refractivity contribution in [3.8, 4) is 23.0 Å². The van der Waals surface area contributed by atoms with Crippen molar-refractivity contribution < 1.29 is 33.2 Å². The third kappa shape index (κ3) is 3.14. The van der Waals surface area contributed by atoms with Gasteiger partial charge >= 0.3 is 5.97 Å². The molecule has 9 nitrogen and oxygen atoms in total. The third-order valence-electron chi connectivity index (χ3n) is 6.56. The summed E-state index contributed by atoms with van der Waals surface area (Å²) < 4.78 is 35.1. The van der Waals surface area contributed by atoms with Gasteiger partial charge in [0.15, 0.2) is 23.0 Å². The number of benzene rings is 2. The molecule has 4 aliphatic heterocycles. The molecule has 0 aliphatic carbocycles. The van der Waals surface area contributed by atoms with Crippen LogP contribution in [0.25, 0.3) is 0 Å². The third-order valence-corrected chi connectivity index (χ3v) is 6.56. The number of carbonyl (C=O) groups is 1. The van der Waals surface area contributed by atoms with E-state index in [2.05, 4.69) is 11.7 Å². The Morgan fingerprint density at radius 3 is 2.24 bits per heavy atom. The highest BCUT2D eigenvalue weighted by molar-refractivity contribution is 5.78. The summed E-state index contributed by atoms with van der Waals surface area (Å²) in [7, 11) is 0. The Hall–Kier alpha value is -3.30. The van der Waals surface area contributed by atoms with Crippen LogP contribution in [0.15, 0.2) is 41.4 Å². The van der Waals surface area contributed by atoms with Gasteiger partial charge in [-0.05, 0) is 43.5 Å². The van der Waals surface area contributed by atoms with Crippen molar-refractivity contribution >= 4 is 12.7 Å². The van der Waals surface area contributed by atoms with Crippen molar-refractivity contribution in [3.05, 3.63) is 47.5 Å². The number of cyclic esters (lactones) is 1. The number of ether oxygens (including phenoxy) is 6. The number of hydrogen-bond donors (Lipinski definition) is 0. The molecular formula is C24H24N2O7. The molecule has 2 aromatic carbocycles. The van der Waals surface area contributed by atoms with Crippen LogP contribution in [0.4, 0.5) is 0 Å². The zero-order chi connectivity index (χ0) is 22.6. The Morgan fingerprint density at radius 1 is 0.909 bits per heavy atom. The molecule has 0 radical (unpaired) electrons. The summed E-state index contributed by atoms with van der Waals surface area (Å²) in [6.07, 6.45) is -1.08. The molecule has 2 fully saturated rings. The summed E-state index contributed by atoms with van der Waals surface area (Å²) in [6.45, 7) is 7.73. The molecule has 4 heterocycles. The number of esters is 1. The zero-order valence-electron chi connectivity index (χ0n) is 18.2. The fraction of sp³-hybridized carbons (Fsp3) is 0.417. The minimum atomic E-state index is -0.996. The number of hydrogen-bond acceptors (Lipinski definition) is 9. The molecule has 2 saturated heterocycles. The first-order valence-electron chi connectivity index (χ1n) is 11.0.